The Labute approximate surface area is 189 Å². The number of likely N-dealkylation sites (tertiary alicyclic amines) is 2. The summed E-state index contributed by atoms with van der Waals surface area (Å²) in [6, 6.07) is 6.19. The fourth-order valence-electron chi connectivity index (χ4n) is 5.65. The topological polar surface area (TPSA) is 71.3 Å². The van der Waals surface area contributed by atoms with Crippen LogP contribution in [0, 0.1) is 11.3 Å². The van der Waals surface area contributed by atoms with Crippen LogP contribution >= 0.6 is 0 Å². The minimum absolute atomic E-state index is 0.0280. The molecule has 2 amide bonds. The second kappa shape index (κ2) is 8.34. The van der Waals surface area contributed by atoms with Crippen molar-refractivity contribution in [3.05, 3.63) is 48.0 Å². The zero-order valence-corrected chi connectivity index (χ0v) is 19.1. The number of hydrogen-bond donors (Lipinski definition) is 0. The molecule has 5 rings (SSSR count). The Bertz CT molecular complexity index is 983. The van der Waals surface area contributed by atoms with Gasteiger partial charge < -0.3 is 9.80 Å². The molecular weight excluding hydrogens is 402 g/mol. The highest BCUT2D eigenvalue weighted by Gasteiger charge is 2.57. The summed E-state index contributed by atoms with van der Waals surface area (Å²) in [5.41, 5.74) is 1.55. The minimum Gasteiger partial charge on any atom is -0.341 e. The summed E-state index contributed by atoms with van der Waals surface area (Å²) in [6.07, 6.45) is 10.1. The summed E-state index contributed by atoms with van der Waals surface area (Å²) >= 11 is 0. The van der Waals surface area contributed by atoms with Gasteiger partial charge in [-0.25, -0.2) is 0 Å². The molecule has 0 unspecified atom stereocenters. The first-order valence-electron chi connectivity index (χ1n) is 12.0. The smallest absolute Gasteiger partial charge is 0.231 e. The van der Waals surface area contributed by atoms with Gasteiger partial charge in [0.25, 0.3) is 0 Å². The second-order valence-corrected chi connectivity index (χ2v) is 10.1. The lowest BCUT2D eigenvalue weighted by atomic mass is 9.70. The second-order valence-electron chi connectivity index (χ2n) is 10.1. The summed E-state index contributed by atoms with van der Waals surface area (Å²) in [6.45, 7) is 6.69. The molecule has 0 bridgehead atoms. The molecule has 0 aromatic carbocycles. The molecule has 2 aliphatic heterocycles. The minimum atomic E-state index is -0.577. The fourth-order valence-corrected chi connectivity index (χ4v) is 5.65. The lowest BCUT2D eigenvalue weighted by Gasteiger charge is -2.42. The summed E-state index contributed by atoms with van der Waals surface area (Å²) in [5, 5.41) is 4.56. The van der Waals surface area contributed by atoms with Gasteiger partial charge in [-0.05, 0) is 63.1 Å². The summed E-state index contributed by atoms with van der Waals surface area (Å²) < 4.78 is 2.04. The summed E-state index contributed by atoms with van der Waals surface area (Å²) in [7, 11) is 0. The van der Waals surface area contributed by atoms with Crippen molar-refractivity contribution in [3.63, 3.8) is 0 Å². The van der Waals surface area contributed by atoms with E-state index in [-0.39, 0.29) is 23.8 Å². The average molecular weight is 436 g/mol. The predicted octanol–water partition coefficient (Wildman–Crippen LogP) is 3.39. The van der Waals surface area contributed by atoms with E-state index in [2.05, 4.69) is 30.0 Å². The number of amides is 2. The Morgan fingerprint density at radius 2 is 2.09 bits per heavy atom. The van der Waals surface area contributed by atoms with Gasteiger partial charge in [0, 0.05) is 68.8 Å². The van der Waals surface area contributed by atoms with Gasteiger partial charge in [0.2, 0.25) is 11.8 Å². The molecule has 0 radical (unpaired) electrons. The molecule has 3 aliphatic rings. The standard InChI is InChI=1S/C25H33N5O2/c1-18(2)30-22(8-11-27-30)21-16-29(23(31)13-19-6-7-19)17-25(21)9-4-12-28(24(25)32)15-20-5-3-10-26-14-20/h3,5,8,10-11,14,18-19,21H,4,6-7,9,12-13,15-17H2,1-2H3/t21-,25+/m0/s1. The third kappa shape index (κ3) is 3.82. The SMILES string of the molecule is CC(C)n1nccc1[C@@H]1CN(C(=O)CC2CC2)C[C@]12CCCN(Cc1cccnc1)C2=O. The molecule has 2 aromatic rings. The Hall–Kier alpha value is -2.70. The number of carbonyl (C=O) groups excluding carboxylic acids is 2. The number of pyridine rings is 1. The Balaban J connectivity index is 1.47. The van der Waals surface area contributed by atoms with Crippen molar-refractivity contribution in [2.45, 2.75) is 64.5 Å². The average Bonchev–Trinajstić information content (AvgIpc) is 3.32. The number of hydrogen-bond acceptors (Lipinski definition) is 4. The molecule has 170 valence electrons. The summed E-state index contributed by atoms with van der Waals surface area (Å²) in [5.74, 6) is 0.903. The van der Waals surface area contributed by atoms with Gasteiger partial charge in [0.05, 0.1) is 5.41 Å². The quantitative estimate of drug-likeness (QED) is 0.697. The van der Waals surface area contributed by atoms with Crippen LogP contribution in [0.2, 0.25) is 0 Å². The molecule has 7 heteroatoms. The van der Waals surface area contributed by atoms with E-state index in [9.17, 15) is 9.59 Å². The van der Waals surface area contributed by atoms with Crippen molar-refractivity contribution in [2.75, 3.05) is 19.6 Å². The van der Waals surface area contributed by atoms with E-state index in [1.54, 1.807) is 6.20 Å². The maximum Gasteiger partial charge on any atom is 0.231 e. The molecule has 1 spiro atoms. The van der Waals surface area contributed by atoms with Crippen LogP contribution in [0.5, 0.6) is 0 Å². The van der Waals surface area contributed by atoms with Crippen LogP contribution in [-0.4, -0.2) is 56.0 Å². The number of rotatable bonds is 6. The first-order chi connectivity index (χ1) is 15.5. The molecule has 3 fully saturated rings. The van der Waals surface area contributed by atoms with Crippen LogP contribution in [0.3, 0.4) is 0 Å². The van der Waals surface area contributed by atoms with Crippen LogP contribution in [0.15, 0.2) is 36.8 Å². The van der Waals surface area contributed by atoms with Crippen molar-refractivity contribution >= 4 is 11.8 Å². The van der Waals surface area contributed by atoms with E-state index in [0.717, 1.165) is 43.5 Å². The number of piperidine rings is 1. The zero-order chi connectivity index (χ0) is 22.3. The van der Waals surface area contributed by atoms with E-state index in [0.29, 0.717) is 32.0 Å². The molecule has 0 N–H and O–H groups in total. The normalized spacial score (nSPS) is 25.8. The molecule has 1 aliphatic carbocycles. The predicted molar refractivity (Wildman–Crippen MR) is 121 cm³/mol. The number of carbonyl (C=O) groups is 2. The maximum absolute atomic E-state index is 14.1. The molecule has 2 saturated heterocycles. The van der Waals surface area contributed by atoms with Gasteiger partial charge in [-0.3, -0.25) is 19.3 Å². The summed E-state index contributed by atoms with van der Waals surface area (Å²) in [4.78, 5) is 35.4. The van der Waals surface area contributed by atoms with E-state index in [1.807, 2.05) is 39.0 Å². The largest absolute Gasteiger partial charge is 0.341 e. The third-order valence-corrected chi connectivity index (χ3v) is 7.46. The van der Waals surface area contributed by atoms with Crippen LogP contribution in [0.1, 0.15) is 69.2 Å². The molecule has 7 nitrogen and oxygen atoms in total. The first kappa shape index (κ1) is 21.2. The van der Waals surface area contributed by atoms with Gasteiger partial charge in [-0.1, -0.05) is 6.07 Å². The molecule has 4 heterocycles. The Morgan fingerprint density at radius 3 is 2.81 bits per heavy atom. The molecular formula is C25H33N5O2. The van der Waals surface area contributed by atoms with Gasteiger partial charge in [-0.15, -0.1) is 0 Å². The van der Waals surface area contributed by atoms with E-state index in [4.69, 9.17) is 0 Å². The molecule has 1 saturated carbocycles. The lowest BCUT2D eigenvalue weighted by molar-refractivity contribution is -0.147. The first-order valence-corrected chi connectivity index (χ1v) is 12.0. The van der Waals surface area contributed by atoms with Crippen LogP contribution in [-0.2, 0) is 16.1 Å². The van der Waals surface area contributed by atoms with E-state index < -0.39 is 5.41 Å². The molecule has 32 heavy (non-hydrogen) atoms. The van der Waals surface area contributed by atoms with Crippen molar-refractivity contribution in [2.24, 2.45) is 11.3 Å². The third-order valence-electron chi connectivity index (χ3n) is 7.46. The monoisotopic (exact) mass is 435 g/mol. The maximum atomic E-state index is 14.1. The van der Waals surface area contributed by atoms with Crippen LogP contribution in [0.4, 0.5) is 0 Å². The molecule has 2 aromatic heterocycles. The van der Waals surface area contributed by atoms with Crippen molar-refractivity contribution in [3.8, 4) is 0 Å². The zero-order valence-electron chi connectivity index (χ0n) is 19.1. The van der Waals surface area contributed by atoms with Gasteiger partial charge in [0.1, 0.15) is 0 Å². The van der Waals surface area contributed by atoms with Crippen molar-refractivity contribution in [1.82, 2.24) is 24.6 Å². The van der Waals surface area contributed by atoms with Crippen molar-refractivity contribution < 1.29 is 9.59 Å². The van der Waals surface area contributed by atoms with Crippen LogP contribution < -0.4 is 0 Å². The lowest BCUT2D eigenvalue weighted by Crippen LogP contribution is -2.52. The number of nitrogens with zero attached hydrogens (tertiary/aromatic N) is 5. The van der Waals surface area contributed by atoms with Gasteiger partial charge >= 0.3 is 0 Å². The highest BCUT2D eigenvalue weighted by Crippen LogP contribution is 2.50. The fraction of sp³-hybridized carbons (Fsp3) is 0.600. The van der Waals surface area contributed by atoms with Gasteiger partial charge in [-0.2, -0.15) is 5.10 Å². The van der Waals surface area contributed by atoms with E-state index in [1.165, 1.54) is 0 Å². The Morgan fingerprint density at radius 1 is 1.25 bits per heavy atom. The Kier molecular flexibility index (Phi) is 5.51. The van der Waals surface area contributed by atoms with Crippen LogP contribution in [0.25, 0.3) is 0 Å². The number of aromatic nitrogens is 3. The van der Waals surface area contributed by atoms with Gasteiger partial charge in [0.15, 0.2) is 0 Å². The molecule has 2 atom stereocenters. The highest BCUT2D eigenvalue weighted by atomic mass is 16.2. The van der Waals surface area contributed by atoms with Crippen molar-refractivity contribution in [1.29, 1.82) is 0 Å². The highest BCUT2D eigenvalue weighted by molar-refractivity contribution is 5.87. The van der Waals surface area contributed by atoms with E-state index >= 15 is 0 Å².